The minimum absolute atomic E-state index is 0.865. The molecule has 4 heteroatoms. The lowest BCUT2D eigenvalue weighted by molar-refractivity contribution is 1.09. The standard InChI is InChI=1S/C14H24N2S2/c1-5-7-17-13-10(4)9(3)11(15)14(12(13)16)18-8-6-2/h5-8,15-16H2,1-4H3. The Labute approximate surface area is 119 Å². The van der Waals surface area contributed by atoms with Crippen LogP contribution in [0.25, 0.3) is 0 Å². The van der Waals surface area contributed by atoms with Crippen molar-refractivity contribution in [3.8, 4) is 0 Å². The van der Waals surface area contributed by atoms with E-state index in [0.29, 0.717) is 0 Å². The van der Waals surface area contributed by atoms with Crippen LogP contribution < -0.4 is 11.5 Å². The van der Waals surface area contributed by atoms with Gasteiger partial charge in [-0.1, -0.05) is 13.8 Å². The molecule has 0 heterocycles. The molecule has 2 nitrogen and oxygen atoms in total. The Kier molecular flexibility index (Phi) is 6.22. The second-order valence-electron chi connectivity index (χ2n) is 4.43. The normalized spacial score (nSPS) is 10.9. The summed E-state index contributed by atoms with van der Waals surface area (Å²) >= 11 is 3.63. The molecule has 102 valence electrons. The van der Waals surface area contributed by atoms with Crippen LogP contribution in [-0.4, -0.2) is 11.5 Å². The van der Waals surface area contributed by atoms with Crippen LogP contribution in [0.3, 0.4) is 0 Å². The molecule has 0 saturated heterocycles. The molecule has 1 rings (SSSR count). The molecule has 0 aliphatic heterocycles. The molecular weight excluding hydrogens is 260 g/mol. The summed E-state index contributed by atoms with van der Waals surface area (Å²) in [5.41, 5.74) is 16.7. The van der Waals surface area contributed by atoms with Crippen LogP contribution >= 0.6 is 23.5 Å². The minimum atomic E-state index is 0.865. The highest BCUT2D eigenvalue weighted by Gasteiger charge is 2.16. The fraction of sp³-hybridized carbons (Fsp3) is 0.571. The van der Waals surface area contributed by atoms with Crippen molar-refractivity contribution in [3.63, 3.8) is 0 Å². The van der Waals surface area contributed by atoms with Gasteiger partial charge in [0.15, 0.2) is 0 Å². The lowest BCUT2D eigenvalue weighted by Gasteiger charge is -2.18. The molecule has 4 N–H and O–H groups in total. The summed E-state index contributed by atoms with van der Waals surface area (Å²) in [5.74, 6) is 2.17. The van der Waals surface area contributed by atoms with Gasteiger partial charge in [-0.05, 0) is 49.3 Å². The lowest BCUT2D eigenvalue weighted by Crippen LogP contribution is -2.04. The van der Waals surface area contributed by atoms with Gasteiger partial charge in [-0.15, -0.1) is 23.5 Å². The number of rotatable bonds is 6. The molecule has 0 bridgehead atoms. The van der Waals surface area contributed by atoms with Crippen LogP contribution in [0.15, 0.2) is 9.79 Å². The van der Waals surface area contributed by atoms with Crippen molar-refractivity contribution in [3.05, 3.63) is 11.1 Å². The highest BCUT2D eigenvalue weighted by atomic mass is 32.2. The van der Waals surface area contributed by atoms with Gasteiger partial charge < -0.3 is 11.5 Å². The van der Waals surface area contributed by atoms with Crippen molar-refractivity contribution in [2.75, 3.05) is 23.0 Å². The number of thioether (sulfide) groups is 2. The van der Waals surface area contributed by atoms with Crippen molar-refractivity contribution in [2.45, 2.75) is 50.3 Å². The third-order valence-corrected chi connectivity index (χ3v) is 5.71. The highest BCUT2D eigenvalue weighted by Crippen LogP contribution is 2.43. The van der Waals surface area contributed by atoms with E-state index < -0.39 is 0 Å². The quantitative estimate of drug-likeness (QED) is 0.597. The molecule has 18 heavy (non-hydrogen) atoms. The third kappa shape index (κ3) is 3.29. The van der Waals surface area contributed by atoms with Gasteiger partial charge in [0, 0.05) is 4.90 Å². The van der Waals surface area contributed by atoms with Crippen molar-refractivity contribution < 1.29 is 0 Å². The minimum Gasteiger partial charge on any atom is -0.398 e. The Morgan fingerprint density at radius 1 is 0.778 bits per heavy atom. The van der Waals surface area contributed by atoms with Crippen molar-refractivity contribution >= 4 is 34.9 Å². The van der Waals surface area contributed by atoms with Gasteiger partial charge in [0.25, 0.3) is 0 Å². The zero-order chi connectivity index (χ0) is 13.7. The van der Waals surface area contributed by atoms with E-state index in [9.17, 15) is 0 Å². The predicted molar refractivity (Wildman–Crippen MR) is 86.8 cm³/mol. The number of nitrogen functional groups attached to an aromatic ring is 2. The molecular formula is C14H24N2S2. The number of benzene rings is 1. The molecule has 0 fully saturated rings. The van der Waals surface area contributed by atoms with Crippen molar-refractivity contribution in [1.82, 2.24) is 0 Å². The predicted octanol–water partition coefficient (Wildman–Crippen LogP) is 4.47. The first kappa shape index (κ1) is 15.6. The number of hydrogen-bond donors (Lipinski definition) is 2. The molecule has 0 spiro atoms. The maximum Gasteiger partial charge on any atom is 0.0614 e. The first-order valence-corrected chi connectivity index (χ1v) is 8.45. The van der Waals surface area contributed by atoms with E-state index in [-0.39, 0.29) is 0 Å². The summed E-state index contributed by atoms with van der Waals surface area (Å²) in [7, 11) is 0. The first-order chi connectivity index (χ1) is 8.54. The van der Waals surface area contributed by atoms with E-state index in [1.807, 2.05) is 11.8 Å². The Balaban J connectivity index is 3.21. The molecule has 0 unspecified atom stereocenters. The largest absolute Gasteiger partial charge is 0.398 e. The molecule has 0 amide bonds. The van der Waals surface area contributed by atoms with E-state index in [1.165, 1.54) is 16.0 Å². The summed E-state index contributed by atoms with van der Waals surface area (Å²) in [6.07, 6.45) is 2.29. The van der Waals surface area contributed by atoms with Crippen LogP contribution in [0.4, 0.5) is 11.4 Å². The Hall–Kier alpha value is -0.480. The van der Waals surface area contributed by atoms with Gasteiger partial charge >= 0.3 is 0 Å². The summed E-state index contributed by atoms with van der Waals surface area (Å²) in [5, 5.41) is 0. The van der Waals surface area contributed by atoms with Gasteiger partial charge in [0.1, 0.15) is 0 Å². The lowest BCUT2D eigenvalue weighted by atomic mass is 10.1. The van der Waals surface area contributed by atoms with E-state index in [0.717, 1.165) is 40.6 Å². The average Bonchev–Trinajstić information content (AvgIpc) is 2.36. The Morgan fingerprint density at radius 2 is 1.28 bits per heavy atom. The van der Waals surface area contributed by atoms with Gasteiger partial charge in [-0.25, -0.2) is 0 Å². The molecule has 0 aliphatic rings. The Bertz CT molecular complexity index is 382. The monoisotopic (exact) mass is 284 g/mol. The van der Waals surface area contributed by atoms with Crippen LogP contribution in [0.1, 0.15) is 37.8 Å². The zero-order valence-electron chi connectivity index (χ0n) is 11.8. The maximum absolute atomic E-state index is 6.31. The van der Waals surface area contributed by atoms with E-state index in [2.05, 4.69) is 27.7 Å². The number of anilines is 2. The molecule has 0 aliphatic carbocycles. The summed E-state index contributed by atoms with van der Waals surface area (Å²) < 4.78 is 0. The van der Waals surface area contributed by atoms with Crippen molar-refractivity contribution in [1.29, 1.82) is 0 Å². The molecule has 0 saturated carbocycles. The first-order valence-electron chi connectivity index (χ1n) is 6.48. The van der Waals surface area contributed by atoms with Gasteiger partial charge in [-0.3, -0.25) is 0 Å². The van der Waals surface area contributed by atoms with E-state index in [4.69, 9.17) is 11.5 Å². The smallest absolute Gasteiger partial charge is 0.0614 e. The van der Waals surface area contributed by atoms with E-state index >= 15 is 0 Å². The fourth-order valence-electron chi connectivity index (χ4n) is 1.74. The molecule has 0 atom stereocenters. The molecule has 0 radical (unpaired) electrons. The highest BCUT2D eigenvalue weighted by molar-refractivity contribution is 8.00. The van der Waals surface area contributed by atoms with Crippen LogP contribution in [0.2, 0.25) is 0 Å². The third-order valence-electron chi connectivity index (χ3n) is 2.94. The summed E-state index contributed by atoms with van der Waals surface area (Å²) in [6.45, 7) is 8.58. The van der Waals surface area contributed by atoms with Crippen molar-refractivity contribution in [2.24, 2.45) is 0 Å². The van der Waals surface area contributed by atoms with Crippen LogP contribution in [0, 0.1) is 13.8 Å². The SMILES string of the molecule is CCCSc1c(C)c(C)c(N)c(SCCC)c1N. The van der Waals surface area contributed by atoms with Crippen LogP contribution in [0.5, 0.6) is 0 Å². The second-order valence-corrected chi connectivity index (χ2v) is 6.64. The molecule has 1 aromatic rings. The number of nitrogens with two attached hydrogens (primary N) is 2. The summed E-state index contributed by atoms with van der Waals surface area (Å²) in [6, 6.07) is 0. The molecule has 1 aromatic carbocycles. The zero-order valence-corrected chi connectivity index (χ0v) is 13.4. The topological polar surface area (TPSA) is 52.0 Å². The Morgan fingerprint density at radius 3 is 1.78 bits per heavy atom. The average molecular weight is 284 g/mol. The second kappa shape index (κ2) is 7.19. The van der Waals surface area contributed by atoms with E-state index in [1.54, 1.807) is 11.8 Å². The fourth-order valence-corrected chi connectivity index (χ4v) is 3.82. The number of hydrogen-bond acceptors (Lipinski definition) is 4. The van der Waals surface area contributed by atoms with Gasteiger partial charge in [0.2, 0.25) is 0 Å². The summed E-state index contributed by atoms with van der Waals surface area (Å²) in [4.78, 5) is 2.31. The van der Waals surface area contributed by atoms with Gasteiger partial charge in [-0.2, -0.15) is 0 Å². The maximum atomic E-state index is 6.31. The molecule has 0 aromatic heterocycles. The van der Waals surface area contributed by atoms with Crippen LogP contribution in [-0.2, 0) is 0 Å². The van der Waals surface area contributed by atoms with Gasteiger partial charge in [0.05, 0.1) is 16.3 Å².